The van der Waals surface area contributed by atoms with Gasteiger partial charge in [0.15, 0.2) is 0 Å². The van der Waals surface area contributed by atoms with Crippen LogP contribution in [0.3, 0.4) is 0 Å². The third kappa shape index (κ3) is 4.44. The third-order valence-corrected chi connectivity index (χ3v) is 5.38. The topological polar surface area (TPSA) is 66.5 Å². The molecule has 0 aromatic heterocycles. The summed E-state index contributed by atoms with van der Waals surface area (Å²) in [5.41, 5.74) is 0.267. The number of nitrogens with one attached hydrogen (secondary N) is 1. The van der Waals surface area contributed by atoms with Gasteiger partial charge in [-0.2, -0.15) is 4.31 Å². The van der Waals surface area contributed by atoms with E-state index in [2.05, 4.69) is 18.5 Å². The summed E-state index contributed by atoms with van der Waals surface area (Å²) in [5, 5.41) is 2.54. The van der Waals surface area contributed by atoms with Crippen molar-refractivity contribution in [1.29, 1.82) is 0 Å². The standard InChI is InChI=1S/C19H19FN2O3S/c1-3-13-22(14-4-2)26(24,25)16-11-9-15(10-12-16)21-19(23)17-7-5-6-8-18(17)20/h3-12H,1-2,13-14H2,(H,21,23). The molecule has 0 bridgehead atoms. The molecule has 136 valence electrons. The Morgan fingerprint density at radius 2 is 1.62 bits per heavy atom. The molecule has 0 spiro atoms. The Labute approximate surface area is 152 Å². The lowest BCUT2D eigenvalue weighted by Gasteiger charge is -2.19. The monoisotopic (exact) mass is 374 g/mol. The molecule has 0 unspecified atom stereocenters. The molecular weight excluding hydrogens is 355 g/mol. The molecule has 2 aromatic rings. The van der Waals surface area contributed by atoms with E-state index in [0.717, 1.165) is 0 Å². The summed E-state index contributed by atoms with van der Waals surface area (Å²) >= 11 is 0. The van der Waals surface area contributed by atoms with E-state index in [1.165, 1.54) is 58.9 Å². The van der Waals surface area contributed by atoms with Crippen LogP contribution in [0.2, 0.25) is 0 Å². The Balaban J connectivity index is 2.19. The minimum Gasteiger partial charge on any atom is -0.322 e. The van der Waals surface area contributed by atoms with Crippen molar-refractivity contribution in [3.63, 3.8) is 0 Å². The van der Waals surface area contributed by atoms with Crippen LogP contribution in [0.25, 0.3) is 0 Å². The van der Waals surface area contributed by atoms with E-state index < -0.39 is 21.7 Å². The fourth-order valence-electron chi connectivity index (χ4n) is 2.26. The van der Waals surface area contributed by atoms with Gasteiger partial charge in [-0.3, -0.25) is 4.79 Å². The molecule has 2 aromatic carbocycles. The maximum absolute atomic E-state index is 13.6. The van der Waals surface area contributed by atoms with Gasteiger partial charge in [-0.1, -0.05) is 24.3 Å². The predicted molar refractivity (Wildman–Crippen MR) is 99.9 cm³/mol. The number of anilines is 1. The second-order valence-corrected chi connectivity index (χ2v) is 7.30. The van der Waals surface area contributed by atoms with E-state index in [1.54, 1.807) is 6.07 Å². The second-order valence-electron chi connectivity index (χ2n) is 5.36. The largest absolute Gasteiger partial charge is 0.322 e. The van der Waals surface area contributed by atoms with Crippen LogP contribution in [-0.2, 0) is 10.0 Å². The minimum atomic E-state index is -3.71. The lowest BCUT2D eigenvalue weighted by Crippen LogP contribution is -2.31. The lowest BCUT2D eigenvalue weighted by molar-refractivity contribution is 0.102. The van der Waals surface area contributed by atoms with Crippen molar-refractivity contribution < 1.29 is 17.6 Å². The van der Waals surface area contributed by atoms with Crippen LogP contribution in [0.1, 0.15) is 10.4 Å². The summed E-state index contributed by atoms with van der Waals surface area (Å²) < 4.78 is 40.1. The van der Waals surface area contributed by atoms with E-state index in [0.29, 0.717) is 5.69 Å². The van der Waals surface area contributed by atoms with Crippen LogP contribution >= 0.6 is 0 Å². The zero-order chi connectivity index (χ0) is 19.2. The molecule has 0 saturated heterocycles. The van der Waals surface area contributed by atoms with E-state index in [1.807, 2.05) is 0 Å². The zero-order valence-electron chi connectivity index (χ0n) is 14.1. The predicted octanol–water partition coefficient (Wildman–Crippen LogP) is 3.44. The number of hydrogen-bond donors (Lipinski definition) is 1. The van der Waals surface area contributed by atoms with Crippen molar-refractivity contribution in [3.05, 3.63) is 85.2 Å². The molecule has 0 radical (unpaired) electrons. The van der Waals surface area contributed by atoms with Crippen LogP contribution in [0.4, 0.5) is 10.1 Å². The Bertz CT molecular complexity index is 899. The maximum atomic E-state index is 13.6. The van der Waals surface area contributed by atoms with Crippen LogP contribution in [0, 0.1) is 5.82 Å². The number of nitrogens with zero attached hydrogens (tertiary/aromatic N) is 1. The lowest BCUT2D eigenvalue weighted by atomic mass is 10.2. The molecule has 0 heterocycles. The summed E-state index contributed by atoms with van der Waals surface area (Å²) in [6.45, 7) is 7.41. The third-order valence-electron chi connectivity index (χ3n) is 3.53. The minimum absolute atomic E-state index is 0.0742. The van der Waals surface area contributed by atoms with Crippen molar-refractivity contribution in [2.24, 2.45) is 0 Å². The molecule has 5 nitrogen and oxygen atoms in total. The SMILES string of the molecule is C=CCN(CC=C)S(=O)(=O)c1ccc(NC(=O)c2ccccc2F)cc1. The summed E-state index contributed by atoms with van der Waals surface area (Å²) in [6, 6.07) is 11.3. The van der Waals surface area contributed by atoms with Crippen molar-refractivity contribution in [1.82, 2.24) is 4.31 Å². The Morgan fingerprint density at radius 3 is 2.15 bits per heavy atom. The second kappa shape index (κ2) is 8.55. The molecule has 0 saturated carbocycles. The highest BCUT2D eigenvalue weighted by Gasteiger charge is 2.22. The maximum Gasteiger partial charge on any atom is 0.258 e. The number of sulfonamides is 1. The average Bonchev–Trinajstić information content (AvgIpc) is 2.62. The van der Waals surface area contributed by atoms with E-state index in [-0.39, 0.29) is 23.5 Å². The van der Waals surface area contributed by atoms with Crippen molar-refractivity contribution in [3.8, 4) is 0 Å². The molecule has 0 atom stereocenters. The highest BCUT2D eigenvalue weighted by molar-refractivity contribution is 7.89. The molecule has 0 aliphatic carbocycles. The van der Waals surface area contributed by atoms with Gasteiger partial charge in [0.25, 0.3) is 5.91 Å². The highest BCUT2D eigenvalue weighted by Crippen LogP contribution is 2.19. The number of carbonyl (C=O) groups is 1. The molecule has 26 heavy (non-hydrogen) atoms. The zero-order valence-corrected chi connectivity index (χ0v) is 14.9. The number of halogens is 1. The number of benzene rings is 2. The van der Waals surface area contributed by atoms with E-state index >= 15 is 0 Å². The molecular formula is C19H19FN2O3S. The van der Waals surface area contributed by atoms with E-state index in [9.17, 15) is 17.6 Å². The summed E-state index contributed by atoms with van der Waals surface area (Å²) in [6.07, 6.45) is 2.98. The number of hydrogen-bond acceptors (Lipinski definition) is 3. The fourth-order valence-corrected chi connectivity index (χ4v) is 3.64. The first-order chi connectivity index (χ1) is 12.4. The molecule has 7 heteroatoms. The van der Waals surface area contributed by atoms with Gasteiger partial charge in [0, 0.05) is 18.8 Å². The van der Waals surface area contributed by atoms with Crippen molar-refractivity contribution in [2.45, 2.75) is 4.90 Å². The van der Waals surface area contributed by atoms with Crippen LogP contribution in [0.15, 0.2) is 78.7 Å². The van der Waals surface area contributed by atoms with Gasteiger partial charge in [-0.25, -0.2) is 12.8 Å². The quantitative estimate of drug-likeness (QED) is 0.720. The normalized spacial score (nSPS) is 11.2. The number of carbonyl (C=O) groups excluding carboxylic acids is 1. The van der Waals surface area contributed by atoms with Gasteiger partial charge in [0.2, 0.25) is 10.0 Å². The Kier molecular flexibility index (Phi) is 6.43. The first kappa shape index (κ1) is 19.6. The fraction of sp³-hybridized carbons (Fsp3) is 0.105. The van der Waals surface area contributed by atoms with Gasteiger partial charge >= 0.3 is 0 Å². The summed E-state index contributed by atoms with van der Waals surface area (Å²) in [4.78, 5) is 12.2. The van der Waals surface area contributed by atoms with Gasteiger partial charge in [0.1, 0.15) is 5.82 Å². The first-order valence-corrected chi connectivity index (χ1v) is 9.22. The average molecular weight is 374 g/mol. The highest BCUT2D eigenvalue weighted by atomic mass is 32.2. The van der Waals surface area contributed by atoms with Gasteiger partial charge in [-0.15, -0.1) is 13.2 Å². The summed E-state index contributed by atoms with van der Waals surface area (Å²) in [7, 11) is -3.71. The van der Waals surface area contributed by atoms with E-state index in [4.69, 9.17) is 0 Å². The van der Waals surface area contributed by atoms with Crippen molar-refractivity contribution >= 4 is 21.6 Å². The molecule has 2 rings (SSSR count). The first-order valence-electron chi connectivity index (χ1n) is 7.78. The molecule has 0 aliphatic rings. The van der Waals surface area contributed by atoms with Crippen LogP contribution in [-0.4, -0.2) is 31.7 Å². The van der Waals surface area contributed by atoms with Crippen LogP contribution < -0.4 is 5.32 Å². The smallest absolute Gasteiger partial charge is 0.258 e. The molecule has 0 aliphatic heterocycles. The van der Waals surface area contributed by atoms with Gasteiger partial charge in [0.05, 0.1) is 10.5 Å². The van der Waals surface area contributed by atoms with Gasteiger partial charge < -0.3 is 5.32 Å². The van der Waals surface area contributed by atoms with Crippen LogP contribution in [0.5, 0.6) is 0 Å². The molecule has 1 N–H and O–H groups in total. The Hall–Kier alpha value is -2.77. The number of rotatable bonds is 8. The number of amides is 1. The molecule has 0 fully saturated rings. The van der Waals surface area contributed by atoms with Crippen molar-refractivity contribution in [2.75, 3.05) is 18.4 Å². The van der Waals surface area contributed by atoms with Gasteiger partial charge in [-0.05, 0) is 36.4 Å². The Morgan fingerprint density at radius 1 is 1.04 bits per heavy atom. The molecule has 1 amide bonds. The summed E-state index contributed by atoms with van der Waals surface area (Å²) in [5.74, 6) is -1.24.